The number of hydrogen-bond donors (Lipinski definition) is 1. The van der Waals surface area contributed by atoms with E-state index in [2.05, 4.69) is 31.1 Å². The standard InChI is InChI=1S/C14H11BrN4O/c15-10-5-9(6-11(16)7-10)14-18-13(19-20-14)8-12-3-1-2-4-17-12/h1-7H,8,16H2. The Hall–Kier alpha value is -2.21. The van der Waals surface area contributed by atoms with E-state index in [1.807, 2.05) is 30.3 Å². The van der Waals surface area contributed by atoms with Gasteiger partial charge in [0.1, 0.15) is 0 Å². The number of hydrogen-bond acceptors (Lipinski definition) is 5. The van der Waals surface area contributed by atoms with Gasteiger partial charge in [0.05, 0.1) is 6.42 Å². The number of rotatable bonds is 3. The van der Waals surface area contributed by atoms with Gasteiger partial charge in [-0.3, -0.25) is 4.98 Å². The average Bonchev–Trinajstić information content (AvgIpc) is 2.87. The summed E-state index contributed by atoms with van der Waals surface area (Å²) in [5, 5.41) is 3.96. The zero-order chi connectivity index (χ0) is 13.9. The van der Waals surface area contributed by atoms with Crippen LogP contribution in [0.4, 0.5) is 5.69 Å². The van der Waals surface area contributed by atoms with Crippen LogP contribution in [0.5, 0.6) is 0 Å². The first-order chi connectivity index (χ1) is 9.70. The van der Waals surface area contributed by atoms with E-state index in [0.717, 1.165) is 15.7 Å². The summed E-state index contributed by atoms with van der Waals surface area (Å²) in [4.78, 5) is 8.60. The van der Waals surface area contributed by atoms with Crippen molar-refractivity contribution in [3.63, 3.8) is 0 Å². The van der Waals surface area contributed by atoms with Gasteiger partial charge in [0, 0.05) is 27.6 Å². The van der Waals surface area contributed by atoms with E-state index in [0.29, 0.717) is 23.8 Å². The summed E-state index contributed by atoms with van der Waals surface area (Å²) < 4.78 is 6.14. The minimum atomic E-state index is 0.448. The molecule has 0 aliphatic rings. The van der Waals surface area contributed by atoms with Crippen molar-refractivity contribution in [3.05, 3.63) is 58.6 Å². The lowest BCUT2D eigenvalue weighted by molar-refractivity contribution is 0.423. The topological polar surface area (TPSA) is 77.8 Å². The van der Waals surface area contributed by atoms with Crippen molar-refractivity contribution in [2.24, 2.45) is 0 Å². The highest BCUT2D eigenvalue weighted by Crippen LogP contribution is 2.25. The Balaban J connectivity index is 1.86. The summed E-state index contributed by atoms with van der Waals surface area (Å²) >= 11 is 3.39. The highest BCUT2D eigenvalue weighted by molar-refractivity contribution is 9.10. The first-order valence-corrected chi connectivity index (χ1v) is 6.79. The van der Waals surface area contributed by atoms with Gasteiger partial charge in [0.25, 0.3) is 5.89 Å². The molecule has 3 rings (SSSR count). The Morgan fingerprint density at radius 1 is 1.20 bits per heavy atom. The third kappa shape index (κ3) is 2.85. The third-order valence-electron chi connectivity index (χ3n) is 2.70. The van der Waals surface area contributed by atoms with Crippen LogP contribution in [0.25, 0.3) is 11.5 Å². The molecule has 0 spiro atoms. The third-order valence-corrected chi connectivity index (χ3v) is 3.16. The lowest BCUT2D eigenvalue weighted by atomic mass is 10.2. The van der Waals surface area contributed by atoms with Crippen LogP contribution >= 0.6 is 15.9 Å². The quantitative estimate of drug-likeness (QED) is 0.746. The van der Waals surface area contributed by atoms with Crippen molar-refractivity contribution in [2.45, 2.75) is 6.42 Å². The number of pyridine rings is 1. The fraction of sp³-hybridized carbons (Fsp3) is 0.0714. The molecule has 20 heavy (non-hydrogen) atoms. The summed E-state index contributed by atoms with van der Waals surface area (Å²) in [5.41, 5.74) is 8.12. The molecule has 2 N–H and O–H groups in total. The normalized spacial score (nSPS) is 10.7. The number of aromatic nitrogens is 3. The van der Waals surface area contributed by atoms with Gasteiger partial charge in [0.15, 0.2) is 5.82 Å². The van der Waals surface area contributed by atoms with Crippen molar-refractivity contribution in [1.29, 1.82) is 0 Å². The van der Waals surface area contributed by atoms with Crippen molar-refractivity contribution in [1.82, 2.24) is 15.1 Å². The summed E-state index contributed by atoms with van der Waals surface area (Å²) in [5.74, 6) is 1.04. The van der Waals surface area contributed by atoms with E-state index >= 15 is 0 Å². The molecule has 0 atom stereocenters. The monoisotopic (exact) mass is 330 g/mol. The summed E-state index contributed by atoms with van der Waals surface area (Å²) in [6, 6.07) is 11.2. The predicted octanol–water partition coefficient (Wildman–Crippen LogP) is 3.07. The number of nitrogen functional groups attached to an aromatic ring is 1. The minimum Gasteiger partial charge on any atom is -0.399 e. The molecule has 1 aromatic carbocycles. The maximum Gasteiger partial charge on any atom is 0.258 e. The molecule has 2 heterocycles. The lowest BCUT2D eigenvalue weighted by Gasteiger charge is -1.98. The van der Waals surface area contributed by atoms with Crippen LogP contribution in [0.1, 0.15) is 11.5 Å². The van der Waals surface area contributed by atoms with Crippen LogP contribution in [-0.4, -0.2) is 15.1 Å². The fourth-order valence-electron chi connectivity index (χ4n) is 1.84. The Morgan fingerprint density at radius 3 is 2.85 bits per heavy atom. The van der Waals surface area contributed by atoms with E-state index in [9.17, 15) is 0 Å². The van der Waals surface area contributed by atoms with Crippen molar-refractivity contribution in [2.75, 3.05) is 5.73 Å². The Labute approximate surface area is 124 Å². The molecule has 0 bridgehead atoms. The molecular formula is C14H11BrN4O. The number of halogens is 1. The molecule has 100 valence electrons. The molecule has 0 saturated heterocycles. The van der Waals surface area contributed by atoms with E-state index in [-0.39, 0.29) is 0 Å². The predicted molar refractivity (Wildman–Crippen MR) is 78.9 cm³/mol. The first-order valence-electron chi connectivity index (χ1n) is 5.99. The molecule has 0 aliphatic carbocycles. The summed E-state index contributed by atoms with van der Waals surface area (Å²) in [7, 11) is 0. The van der Waals surface area contributed by atoms with Crippen LogP contribution in [0.15, 0.2) is 51.6 Å². The highest BCUT2D eigenvalue weighted by Gasteiger charge is 2.11. The molecule has 3 aromatic rings. The van der Waals surface area contributed by atoms with Crippen molar-refractivity contribution >= 4 is 21.6 Å². The number of benzene rings is 1. The second-order valence-corrected chi connectivity index (χ2v) is 5.20. The maximum absolute atomic E-state index is 5.80. The molecule has 0 fully saturated rings. The summed E-state index contributed by atoms with van der Waals surface area (Å²) in [6.45, 7) is 0. The van der Waals surface area contributed by atoms with Gasteiger partial charge in [-0.15, -0.1) is 0 Å². The van der Waals surface area contributed by atoms with Crippen molar-refractivity contribution in [3.8, 4) is 11.5 Å². The van der Waals surface area contributed by atoms with E-state index in [1.165, 1.54) is 0 Å². The van der Waals surface area contributed by atoms with Gasteiger partial charge >= 0.3 is 0 Å². The molecular weight excluding hydrogens is 320 g/mol. The van der Waals surface area contributed by atoms with Gasteiger partial charge in [-0.1, -0.05) is 27.2 Å². The molecule has 0 radical (unpaired) electrons. The Morgan fingerprint density at radius 2 is 2.10 bits per heavy atom. The molecule has 2 aromatic heterocycles. The molecule has 0 saturated carbocycles. The number of anilines is 1. The summed E-state index contributed by atoms with van der Waals surface area (Å²) in [6.07, 6.45) is 2.28. The molecule has 0 unspecified atom stereocenters. The van der Waals surface area contributed by atoms with Gasteiger partial charge in [0.2, 0.25) is 0 Å². The smallest absolute Gasteiger partial charge is 0.258 e. The van der Waals surface area contributed by atoms with Crippen LogP contribution in [0.3, 0.4) is 0 Å². The van der Waals surface area contributed by atoms with Crippen LogP contribution < -0.4 is 5.73 Å². The van der Waals surface area contributed by atoms with Gasteiger partial charge in [-0.05, 0) is 30.3 Å². The van der Waals surface area contributed by atoms with Crippen LogP contribution in [0, 0.1) is 0 Å². The molecule has 0 aliphatic heterocycles. The minimum absolute atomic E-state index is 0.448. The van der Waals surface area contributed by atoms with Crippen LogP contribution in [0.2, 0.25) is 0 Å². The highest BCUT2D eigenvalue weighted by atomic mass is 79.9. The van der Waals surface area contributed by atoms with E-state index in [1.54, 1.807) is 12.3 Å². The second kappa shape index (κ2) is 5.42. The lowest BCUT2D eigenvalue weighted by Crippen LogP contribution is -1.93. The first kappa shape index (κ1) is 12.8. The molecule has 0 amide bonds. The van der Waals surface area contributed by atoms with Gasteiger partial charge in [-0.2, -0.15) is 4.98 Å². The van der Waals surface area contributed by atoms with Gasteiger partial charge in [-0.25, -0.2) is 0 Å². The SMILES string of the molecule is Nc1cc(Br)cc(-c2nc(Cc3ccccn3)no2)c1. The van der Waals surface area contributed by atoms with E-state index in [4.69, 9.17) is 10.3 Å². The Bertz CT molecular complexity index is 707. The maximum atomic E-state index is 5.80. The zero-order valence-corrected chi connectivity index (χ0v) is 12.0. The van der Waals surface area contributed by atoms with E-state index < -0.39 is 0 Å². The molecule has 6 heteroatoms. The number of nitrogens with two attached hydrogens (primary N) is 1. The average molecular weight is 331 g/mol. The largest absolute Gasteiger partial charge is 0.399 e. The van der Waals surface area contributed by atoms with Gasteiger partial charge < -0.3 is 10.3 Å². The van der Waals surface area contributed by atoms with Crippen molar-refractivity contribution < 1.29 is 4.52 Å². The fourth-order valence-corrected chi connectivity index (χ4v) is 2.35. The Kier molecular flexibility index (Phi) is 3.47. The molecule has 5 nitrogen and oxygen atoms in total. The second-order valence-electron chi connectivity index (χ2n) is 4.29. The zero-order valence-electron chi connectivity index (χ0n) is 10.5. The van der Waals surface area contributed by atoms with Crippen LogP contribution in [-0.2, 0) is 6.42 Å². The number of nitrogens with zero attached hydrogens (tertiary/aromatic N) is 3.